The van der Waals surface area contributed by atoms with Crippen LogP contribution in [-0.2, 0) is 4.74 Å². The number of aryl methyl sites for hydroxylation is 2. The molecule has 0 aliphatic heterocycles. The van der Waals surface area contributed by atoms with Crippen LogP contribution in [0.2, 0.25) is 0 Å². The molecule has 176 valence electrons. The molecule has 0 spiro atoms. The van der Waals surface area contributed by atoms with Gasteiger partial charge >= 0.3 is 6.09 Å². The Kier molecular flexibility index (Phi) is 14.6. The summed E-state index contributed by atoms with van der Waals surface area (Å²) in [6.45, 7) is 13.6. The van der Waals surface area contributed by atoms with Gasteiger partial charge < -0.3 is 15.8 Å². The molecule has 2 aromatic rings. The van der Waals surface area contributed by atoms with Crippen LogP contribution in [0.25, 0.3) is 0 Å². The van der Waals surface area contributed by atoms with Crippen LogP contribution in [-0.4, -0.2) is 11.7 Å². The summed E-state index contributed by atoms with van der Waals surface area (Å²) in [6, 6.07) is 12.2. The number of ether oxygens (including phenoxy) is 1. The van der Waals surface area contributed by atoms with Gasteiger partial charge in [-0.05, 0) is 95.0 Å². The molecule has 4 nitrogen and oxygen atoms in total. The minimum atomic E-state index is -0.474. The third kappa shape index (κ3) is 11.9. The first-order valence-electron chi connectivity index (χ1n) is 9.57. The zero-order valence-electron chi connectivity index (χ0n) is 18.7. The van der Waals surface area contributed by atoms with Crippen molar-refractivity contribution in [3.05, 3.63) is 67.6 Å². The third-order valence-corrected chi connectivity index (χ3v) is 5.14. The molecule has 2 rings (SSSR count). The summed E-state index contributed by atoms with van der Waals surface area (Å²) < 4.78 is 7.38. The van der Waals surface area contributed by atoms with E-state index >= 15 is 0 Å². The van der Waals surface area contributed by atoms with Gasteiger partial charge in [-0.2, -0.15) is 0 Å². The molecule has 3 N–H and O–H groups in total. The molecule has 0 aromatic heterocycles. The molecule has 31 heavy (non-hydrogen) atoms. The highest BCUT2D eigenvalue weighted by molar-refractivity contribution is 9.10. The number of nitrogens with two attached hydrogens (primary N) is 1. The Bertz CT molecular complexity index is 837. The van der Waals surface area contributed by atoms with Crippen molar-refractivity contribution in [3.8, 4) is 0 Å². The van der Waals surface area contributed by atoms with E-state index in [4.69, 9.17) is 10.5 Å². The Morgan fingerprint density at radius 3 is 1.74 bits per heavy atom. The predicted octanol–water partition coefficient (Wildman–Crippen LogP) is 8.18. The number of amides is 1. The summed E-state index contributed by atoms with van der Waals surface area (Å²) in [5, 5.41) is 2.84. The van der Waals surface area contributed by atoms with Crippen LogP contribution < -0.4 is 11.1 Å². The van der Waals surface area contributed by atoms with Crippen molar-refractivity contribution < 1.29 is 9.53 Å². The van der Waals surface area contributed by atoms with Crippen molar-refractivity contribution in [2.45, 2.75) is 73.6 Å². The highest BCUT2D eigenvalue weighted by atomic mass is 79.9. The fourth-order valence-corrected chi connectivity index (χ4v) is 3.79. The minimum Gasteiger partial charge on any atom is -0.444 e. The SMILES string of the molecule is C.Cc1cc(Br)ccc1[C@@H](C)N.Cc1cc(Br)ccc1[C@@H](C)NC(=O)OC(C)(C)C.Cl. The molecule has 0 unspecified atom stereocenters. The molecule has 2 aromatic carbocycles. The quantitative estimate of drug-likeness (QED) is 0.385. The fraction of sp³-hybridized carbons (Fsp3) is 0.458. The first-order chi connectivity index (χ1) is 13.3. The lowest BCUT2D eigenvalue weighted by Crippen LogP contribution is -2.34. The van der Waals surface area contributed by atoms with E-state index in [1.54, 1.807) is 0 Å². The fourth-order valence-electron chi connectivity index (χ4n) is 2.84. The molecule has 7 heteroatoms. The number of hydrogen-bond donors (Lipinski definition) is 2. The zero-order valence-corrected chi connectivity index (χ0v) is 22.7. The highest BCUT2D eigenvalue weighted by Crippen LogP contribution is 2.22. The summed E-state index contributed by atoms with van der Waals surface area (Å²) in [5.41, 5.74) is 9.96. The lowest BCUT2D eigenvalue weighted by atomic mass is 10.0. The molecule has 0 aliphatic rings. The number of alkyl carbamates (subject to hydrolysis) is 1. The largest absolute Gasteiger partial charge is 0.444 e. The third-order valence-electron chi connectivity index (χ3n) is 4.15. The van der Waals surface area contributed by atoms with Gasteiger partial charge in [0.1, 0.15) is 5.60 Å². The standard InChI is InChI=1S/C14H20BrNO2.C9H12BrN.CH4.ClH/c1-9-8-11(15)6-7-12(9)10(2)16-13(17)18-14(3,4)5;1-6-5-8(10)3-4-9(6)7(2)11;;/h6-8,10H,1-5H3,(H,16,17);3-5,7H,11H2,1-2H3;1H4;1H/t10-;7-;;/m11../s1. The molecule has 0 aliphatic carbocycles. The van der Waals surface area contributed by atoms with Gasteiger partial charge in [-0.3, -0.25) is 0 Å². The van der Waals surface area contributed by atoms with E-state index in [9.17, 15) is 4.79 Å². The van der Waals surface area contributed by atoms with Gasteiger partial charge in [-0.15, -0.1) is 12.4 Å². The summed E-state index contributed by atoms with van der Waals surface area (Å²) in [5.74, 6) is 0. The smallest absolute Gasteiger partial charge is 0.408 e. The van der Waals surface area contributed by atoms with Crippen LogP contribution in [0, 0.1) is 13.8 Å². The number of halogens is 3. The van der Waals surface area contributed by atoms with Crippen LogP contribution in [0.1, 0.15) is 76.4 Å². The van der Waals surface area contributed by atoms with Crippen LogP contribution in [0.4, 0.5) is 4.79 Å². The summed E-state index contributed by atoms with van der Waals surface area (Å²) >= 11 is 6.83. The van der Waals surface area contributed by atoms with E-state index in [-0.39, 0.29) is 31.9 Å². The summed E-state index contributed by atoms with van der Waals surface area (Å²) in [4.78, 5) is 11.7. The number of rotatable bonds is 3. The highest BCUT2D eigenvalue weighted by Gasteiger charge is 2.18. The number of benzene rings is 2. The van der Waals surface area contributed by atoms with Gasteiger partial charge in [0.2, 0.25) is 0 Å². The first kappa shape index (κ1) is 32.1. The number of nitrogens with one attached hydrogen (secondary N) is 1. The van der Waals surface area contributed by atoms with Gasteiger partial charge in [0.25, 0.3) is 0 Å². The summed E-state index contributed by atoms with van der Waals surface area (Å²) in [6.07, 6.45) is -0.391. The Hall–Kier alpha value is -1.08. The second-order valence-corrected chi connectivity index (χ2v) is 9.99. The Balaban J connectivity index is 0. The van der Waals surface area contributed by atoms with Crippen molar-refractivity contribution in [3.63, 3.8) is 0 Å². The van der Waals surface area contributed by atoms with Crippen LogP contribution >= 0.6 is 44.3 Å². The molecular weight excluding hydrogens is 544 g/mol. The minimum absolute atomic E-state index is 0. The van der Waals surface area contributed by atoms with Crippen LogP contribution in [0.3, 0.4) is 0 Å². The molecule has 0 saturated carbocycles. The maximum atomic E-state index is 11.7. The Morgan fingerprint density at radius 2 is 1.39 bits per heavy atom. The number of carbonyl (C=O) groups is 1. The Morgan fingerprint density at radius 1 is 0.968 bits per heavy atom. The molecule has 0 bridgehead atoms. The van der Waals surface area contributed by atoms with Crippen LogP contribution in [0.15, 0.2) is 45.3 Å². The average molecular weight is 581 g/mol. The average Bonchev–Trinajstić information content (AvgIpc) is 2.52. The maximum absolute atomic E-state index is 11.7. The van der Waals surface area contributed by atoms with Crippen molar-refractivity contribution in [2.75, 3.05) is 0 Å². The molecular formula is C24H37Br2ClN2O2. The molecule has 0 heterocycles. The normalized spacial score (nSPS) is 12.2. The van der Waals surface area contributed by atoms with E-state index in [0.29, 0.717) is 0 Å². The van der Waals surface area contributed by atoms with Gasteiger partial charge in [0, 0.05) is 15.0 Å². The van der Waals surface area contributed by atoms with Gasteiger partial charge in [0.05, 0.1) is 6.04 Å². The summed E-state index contributed by atoms with van der Waals surface area (Å²) in [7, 11) is 0. The van der Waals surface area contributed by atoms with Gasteiger partial charge in [0.15, 0.2) is 0 Å². The predicted molar refractivity (Wildman–Crippen MR) is 142 cm³/mol. The van der Waals surface area contributed by atoms with Crippen molar-refractivity contribution in [2.24, 2.45) is 5.73 Å². The number of hydrogen-bond acceptors (Lipinski definition) is 3. The zero-order chi connectivity index (χ0) is 22.4. The second kappa shape index (κ2) is 14.1. The molecule has 2 atom stereocenters. The van der Waals surface area contributed by atoms with E-state index in [0.717, 1.165) is 20.1 Å². The Labute approximate surface area is 211 Å². The van der Waals surface area contributed by atoms with Crippen LogP contribution in [0.5, 0.6) is 0 Å². The second-order valence-electron chi connectivity index (χ2n) is 8.16. The molecule has 0 fully saturated rings. The van der Waals surface area contributed by atoms with E-state index in [1.165, 1.54) is 11.1 Å². The first-order valence-corrected chi connectivity index (χ1v) is 11.2. The van der Waals surface area contributed by atoms with Gasteiger partial charge in [-0.1, -0.05) is 51.4 Å². The van der Waals surface area contributed by atoms with Crippen molar-refractivity contribution in [1.29, 1.82) is 0 Å². The number of carbonyl (C=O) groups excluding carboxylic acids is 1. The monoisotopic (exact) mass is 578 g/mol. The van der Waals surface area contributed by atoms with Gasteiger partial charge in [-0.25, -0.2) is 4.79 Å². The lowest BCUT2D eigenvalue weighted by molar-refractivity contribution is 0.0508. The molecule has 0 saturated heterocycles. The topological polar surface area (TPSA) is 64.3 Å². The molecule has 1 amide bonds. The van der Waals surface area contributed by atoms with E-state index < -0.39 is 11.7 Å². The van der Waals surface area contributed by atoms with Crippen molar-refractivity contribution >= 4 is 50.4 Å². The lowest BCUT2D eigenvalue weighted by Gasteiger charge is -2.22. The van der Waals surface area contributed by atoms with E-state index in [2.05, 4.69) is 56.2 Å². The molecule has 0 radical (unpaired) electrons. The maximum Gasteiger partial charge on any atom is 0.408 e. The van der Waals surface area contributed by atoms with E-state index in [1.807, 2.05) is 65.8 Å². The van der Waals surface area contributed by atoms with Crippen molar-refractivity contribution in [1.82, 2.24) is 5.32 Å².